The number of hydroxylamine groups is 2. The lowest BCUT2D eigenvalue weighted by molar-refractivity contribution is -0.0832. The maximum absolute atomic E-state index is 4.90. The van der Waals surface area contributed by atoms with E-state index in [1.807, 2.05) is 21.0 Å². The molecule has 0 rings (SSSR count). The summed E-state index contributed by atoms with van der Waals surface area (Å²) in [5, 5.41) is 1.66. The minimum absolute atomic E-state index is 0.957. The van der Waals surface area contributed by atoms with E-state index in [4.69, 9.17) is 4.84 Å². The van der Waals surface area contributed by atoms with E-state index in [1.54, 1.807) is 11.7 Å². The van der Waals surface area contributed by atoms with Crippen molar-refractivity contribution in [2.24, 2.45) is 0 Å². The van der Waals surface area contributed by atoms with Gasteiger partial charge >= 0.3 is 0 Å². The van der Waals surface area contributed by atoms with Crippen molar-refractivity contribution >= 4 is 0 Å². The normalized spacial score (nSPS) is 10.3. The van der Waals surface area contributed by atoms with Crippen LogP contribution in [0.5, 0.6) is 0 Å². The minimum Gasteiger partial charge on any atom is -0.293 e. The molecule has 0 N–H and O–H groups in total. The van der Waals surface area contributed by atoms with Crippen LogP contribution in [0.15, 0.2) is 0 Å². The molecule has 0 aromatic heterocycles. The Hall–Kier alpha value is -0.0800. The van der Waals surface area contributed by atoms with Crippen molar-refractivity contribution in [1.82, 2.24) is 5.06 Å². The molecule has 2 heteroatoms. The van der Waals surface area contributed by atoms with Crippen LogP contribution in [-0.2, 0) is 4.84 Å². The Morgan fingerprint density at radius 2 is 2.14 bits per heavy atom. The number of nitrogens with zero attached hydrogens (tertiary/aromatic N) is 1. The first-order valence-corrected chi connectivity index (χ1v) is 2.43. The fourth-order valence-corrected chi connectivity index (χ4v) is 0.224. The molecule has 0 aromatic carbocycles. The summed E-state index contributed by atoms with van der Waals surface area (Å²) in [6.45, 7) is 3.78. The highest BCUT2D eigenvalue weighted by molar-refractivity contribution is 4.38. The molecule has 1 radical (unpaired) electrons. The second-order valence-corrected chi connectivity index (χ2v) is 1.49. The van der Waals surface area contributed by atoms with Gasteiger partial charge in [-0.15, -0.1) is 0 Å². The largest absolute Gasteiger partial charge is 0.293 e. The first-order chi connectivity index (χ1) is 3.27. The Labute approximate surface area is 45.0 Å². The van der Waals surface area contributed by atoms with Crippen LogP contribution in [0.2, 0.25) is 0 Å². The number of rotatable bonds is 3. The van der Waals surface area contributed by atoms with Gasteiger partial charge in [0, 0.05) is 14.1 Å². The molecule has 0 heterocycles. The fraction of sp³-hybridized carbons (Fsp3) is 0.800. The molecule has 0 aromatic rings. The highest BCUT2D eigenvalue weighted by atomic mass is 16.7. The first kappa shape index (κ1) is 6.92. The summed E-state index contributed by atoms with van der Waals surface area (Å²) < 4.78 is 0. The molecule has 43 valence electrons. The quantitative estimate of drug-likeness (QED) is 0.494. The van der Waals surface area contributed by atoms with Crippen LogP contribution < -0.4 is 0 Å². The summed E-state index contributed by atoms with van der Waals surface area (Å²) in [5.74, 6) is 0. The molecule has 0 aliphatic rings. The van der Waals surface area contributed by atoms with Gasteiger partial charge in [0.2, 0.25) is 0 Å². The predicted molar refractivity (Wildman–Crippen MR) is 29.4 cm³/mol. The zero-order valence-corrected chi connectivity index (χ0v) is 5.14. The highest BCUT2D eigenvalue weighted by Gasteiger charge is 1.83. The minimum atomic E-state index is 0.957. The average Bonchev–Trinajstić information content (AvgIpc) is 1.61. The lowest BCUT2D eigenvalue weighted by Crippen LogP contribution is -2.09. The van der Waals surface area contributed by atoms with Gasteiger partial charge < -0.3 is 0 Å². The Morgan fingerprint density at radius 1 is 1.57 bits per heavy atom. The monoisotopic (exact) mass is 102 g/mol. The van der Waals surface area contributed by atoms with E-state index in [2.05, 4.69) is 0 Å². The lowest BCUT2D eigenvalue weighted by atomic mass is 10.5. The third kappa shape index (κ3) is 5.92. The molecule has 7 heavy (non-hydrogen) atoms. The molecule has 2 nitrogen and oxygen atoms in total. The van der Waals surface area contributed by atoms with Crippen molar-refractivity contribution in [2.75, 3.05) is 14.1 Å². The molecule has 0 unspecified atom stereocenters. The lowest BCUT2D eigenvalue weighted by Gasteiger charge is -2.06. The third-order valence-electron chi connectivity index (χ3n) is 0.452. The van der Waals surface area contributed by atoms with Crippen LogP contribution in [0, 0.1) is 6.61 Å². The average molecular weight is 102 g/mol. The van der Waals surface area contributed by atoms with Gasteiger partial charge in [-0.1, -0.05) is 6.92 Å². The van der Waals surface area contributed by atoms with E-state index >= 15 is 0 Å². The Bertz CT molecular complexity index is 37.1. The molecule has 0 fully saturated rings. The van der Waals surface area contributed by atoms with Crippen LogP contribution in [0.3, 0.4) is 0 Å². The van der Waals surface area contributed by atoms with Crippen LogP contribution in [0.1, 0.15) is 13.3 Å². The summed E-state index contributed by atoms with van der Waals surface area (Å²) in [7, 11) is 3.71. The van der Waals surface area contributed by atoms with Crippen LogP contribution in [0.4, 0.5) is 0 Å². The first-order valence-electron chi connectivity index (χ1n) is 2.43. The zero-order chi connectivity index (χ0) is 5.70. The van der Waals surface area contributed by atoms with Gasteiger partial charge in [-0.2, -0.15) is 5.06 Å². The van der Waals surface area contributed by atoms with E-state index in [-0.39, 0.29) is 0 Å². The Morgan fingerprint density at radius 3 is 2.29 bits per heavy atom. The molecule has 0 saturated heterocycles. The van der Waals surface area contributed by atoms with E-state index in [0.717, 1.165) is 6.42 Å². The van der Waals surface area contributed by atoms with Crippen molar-refractivity contribution in [3.8, 4) is 0 Å². The highest BCUT2D eigenvalue weighted by Crippen LogP contribution is 1.87. The summed E-state index contributed by atoms with van der Waals surface area (Å²) in [5.41, 5.74) is 0. The third-order valence-corrected chi connectivity index (χ3v) is 0.452. The topological polar surface area (TPSA) is 12.5 Å². The molecule has 0 amide bonds. The molecule has 0 spiro atoms. The van der Waals surface area contributed by atoms with Crippen molar-refractivity contribution in [3.63, 3.8) is 0 Å². The van der Waals surface area contributed by atoms with Gasteiger partial charge in [0.1, 0.15) is 6.61 Å². The molecular formula is C5H12NO. The molecule has 0 bridgehead atoms. The molecular weight excluding hydrogens is 90.1 g/mol. The van der Waals surface area contributed by atoms with Gasteiger partial charge in [0.15, 0.2) is 0 Å². The van der Waals surface area contributed by atoms with Crippen molar-refractivity contribution in [3.05, 3.63) is 6.61 Å². The predicted octanol–water partition coefficient (Wildman–Crippen LogP) is 1.05. The summed E-state index contributed by atoms with van der Waals surface area (Å²) in [6, 6.07) is 0. The molecule has 0 atom stereocenters. The number of hydrogen-bond donors (Lipinski definition) is 0. The molecule has 0 aliphatic carbocycles. The van der Waals surface area contributed by atoms with Crippen molar-refractivity contribution < 1.29 is 4.84 Å². The smallest absolute Gasteiger partial charge is 0.107 e. The van der Waals surface area contributed by atoms with E-state index in [1.165, 1.54) is 0 Å². The second-order valence-electron chi connectivity index (χ2n) is 1.49. The van der Waals surface area contributed by atoms with Gasteiger partial charge in [0.25, 0.3) is 0 Å². The molecule has 0 aliphatic heterocycles. The Kier molecular flexibility index (Phi) is 4.04. The standard InChI is InChI=1S/C5H12NO/c1-4-5-7-6(2)3/h5H,4H2,1-3H3. The van der Waals surface area contributed by atoms with Gasteiger partial charge in [0.05, 0.1) is 0 Å². The van der Waals surface area contributed by atoms with E-state index in [0.29, 0.717) is 0 Å². The van der Waals surface area contributed by atoms with E-state index in [9.17, 15) is 0 Å². The van der Waals surface area contributed by atoms with Gasteiger partial charge in [-0.25, -0.2) is 0 Å². The SMILES string of the molecule is CC[CH]ON(C)C. The van der Waals surface area contributed by atoms with Crippen molar-refractivity contribution in [1.29, 1.82) is 0 Å². The van der Waals surface area contributed by atoms with Crippen LogP contribution in [0.25, 0.3) is 0 Å². The van der Waals surface area contributed by atoms with Gasteiger partial charge in [-0.3, -0.25) is 4.84 Å². The van der Waals surface area contributed by atoms with Gasteiger partial charge in [-0.05, 0) is 6.42 Å². The fourth-order valence-electron chi connectivity index (χ4n) is 0.224. The maximum atomic E-state index is 4.90. The zero-order valence-electron chi connectivity index (χ0n) is 5.14. The van der Waals surface area contributed by atoms with E-state index < -0.39 is 0 Å². The summed E-state index contributed by atoms with van der Waals surface area (Å²) in [4.78, 5) is 4.90. The van der Waals surface area contributed by atoms with Crippen LogP contribution >= 0.6 is 0 Å². The van der Waals surface area contributed by atoms with Crippen LogP contribution in [-0.4, -0.2) is 19.2 Å². The summed E-state index contributed by atoms with van der Waals surface area (Å²) in [6.07, 6.45) is 0.957. The number of hydrogen-bond acceptors (Lipinski definition) is 2. The maximum Gasteiger partial charge on any atom is 0.107 e. The Balaban J connectivity index is 2.68. The molecule has 0 saturated carbocycles. The summed E-state index contributed by atoms with van der Waals surface area (Å²) >= 11 is 0. The second kappa shape index (κ2) is 4.09. The van der Waals surface area contributed by atoms with Crippen molar-refractivity contribution in [2.45, 2.75) is 13.3 Å².